The Morgan fingerprint density at radius 1 is 1.00 bits per heavy atom. The van der Waals surface area contributed by atoms with Gasteiger partial charge in [-0.15, -0.1) is 0 Å². The van der Waals surface area contributed by atoms with Crippen molar-refractivity contribution in [2.45, 2.75) is 6.54 Å². The number of nitrogens with one attached hydrogen (secondary N) is 1. The second-order valence-corrected chi connectivity index (χ2v) is 5.57. The van der Waals surface area contributed by atoms with Gasteiger partial charge in [0.25, 0.3) is 11.8 Å². The van der Waals surface area contributed by atoms with Gasteiger partial charge in [-0.05, 0) is 18.2 Å². The molecule has 0 fully saturated rings. The molecule has 0 aliphatic rings. The molecule has 0 aromatic heterocycles. The van der Waals surface area contributed by atoms with Crippen molar-refractivity contribution in [1.29, 1.82) is 0 Å². The number of benzene rings is 2. The number of likely N-dealkylation sites (N-methyl/N-ethyl adjacent to an activating group) is 1. The van der Waals surface area contributed by atoms with Crippen molar-refractivity contribution < 1.29 is 19.1 Å². The van der Waals surface area contributed by atoms with Crippen molar-refractivity contribution in [3.63, 3.8) is 0 Å². The van der Waals surface area contributed by atoms with E-state index < -0.39 is 0 Å². The molecule has 25 heavy (non-hydrogen) atoms. The first-order valence-electron chi connectivity index (χ1n) is 7.85. The lowest BCUT2D eigenvalue weighted by Crippen LogP contribution is -2.28. The quantitative estimate of drug-likeness (QED) is 0.837. The summed E-state index contributed by atoms with van der Waals surface area (Å²) in [6.45, 7) is 0.206. The highest BCUT2D eigenvalue weighted by molar-refractivity contribution is 5.97. The van der Waals surface area contributed by atoms with Gasteiger partial charge in [0.1, 0.15) is 11.5 Å². The maximum Gasteiger partial charge on any atom is 0.259 e. The Labute approximate surface area is 147 Å². The Kier molecular flexibility index (Phi) is 6.39. The van der Waals surface area contributed by atoms with Crippen molar-refractivity contribution in [1.82, 2.24) is 10.2 Å². The van der Waals surface area contributed by atoms with Crippen molar-refractivity contribution in [3.05, 3.63) is 59.7 Å². The number of carbonyl (C=O) groups excluding carboxylic acids is 2. The predicted molar refractivity (Wildman–Crippen MR) is 94.8 cm³/mol. The third-order valence-electron chi connectivity index (χ3n) is 3.61. The average molecular weight is 342 g/mol. The summed E-state index contributed by atoms with van der Waals surface area (Å²) >= 11 is 0. The van der Waals surface area contributed by atoms with Gasteiger partial charge in [0.05, 0.1) is 12.7 Å². The molecule has 0 radical (unpaired) electrons. The van der Waals surface area contributed by atoms with E-state index >= 15 is 0 Å². The lowest BCUT2D eigenvalue weighted by Gasteiger charge is -2.14. The van der Waals surface area contributed by atoms with Crippen LogP contribution in [0.3, 0.4) is 0 Å². The van der Waals surface area contributed by atoms with Gasteiger partial charge in [0.15, 0.2) is 6.61 Å². The summed E-state index contributed by atoms with van der Waals surface area (Å²) in [7, 11) is 4.89. The molecule has 6 nitrogen and oxygen atoms in total. The highest BCUT2D eigenvalue weighted by atomic mass is 16.5. The molecule has 0 saturated heterocycles. The molecule has 2 rings (SSSR count). The number of amides is 2. The van der Waals surface area contributed by atoms with Crippen LogP contribution in [0.25, 0.3) is 0 Å². The Morgan fingerprint density at radius 2 is 1.64 bits per heavy atom. The third-order valence-corrected chi connectivity index (χ3v) is 3.61. The third kappa shape index (κ3) is 4.97. The molecule has 132 valence electrons. The second-order valence-electron chi connectivity index (χ2n) is 5.57. The minimum Gasteiger partial charge on any atom is -0.496 e. The van der Waals surface area contributed by atoms with Crippen LogP contribution in [0.4, 0.5) is 0 Å². The first-order chi connectivity index (χ1) is 12.0. The number of rotatable bonds is 7. The van der Waals surface area contributed by atoms with Crippen LogP contribution in [0.2, 0.25) is 0 Å². The first kappa shape index (κ1) is 18.3. The predicted octanol–water partition coefficient (Wildman–Crippen LogP) is 2.09. The van der Waals surface area contributed by atoms with Gasteiger partial charge in [0, 0.05) is 26.2 Å². The lowest BCUT2D eigenvalue weighted by atomic mass is 10.1. The molecular weight excluding hydrogens is 320 g/mol. The molecule has 0 bridgehead atoms. The molecule has 0 spiro atoms. The minimum absolute atomic E-state index is 0.121. The molecule has 6 heteroatoms. The lowest BCUT2D eigenvalue weighted by molar-refractivity contribution is -0.130. The Morgan fingerprint density at radius 3 is 2.32 bits per heavy atom. The highest BCUT2D eigenvalue weighted by Crippen LogP contribution is 2.20. The Bertz CT molecular complexity index is 744. The van der Waals surface area contributed by atoms with Gasteiger partial charge >= 0.3 is 0 Å². The van der Waals surface area contributed by atoms with Crippen molar-refractivity contribution in [3.8, 4) is 11.5 Å². The zero-order chi connectivity index (χ0) is 18.2. The molecule has 0 saturated carbocycles. The SMILES string of the molecule is COc1ccccc1CNC(=O)c1ccccc1OCC(=O)N(C)C. The van der Waals surface area contributed by atoms with Crippen LogP contribution in [-0.4, -0.2) is 44.5 Å². The van der Waals surface area contributed by atoms with Crippen LogP contribution in [-0.2, 0) is 11.3 Å². The van der Waals surface area contributed by atoms with Gasteiger partial charge in [-0.25, -0.2) is 0 Å². The number of methoxy groups -OCH3 is 1. The number of ether oxygens (including phenoxy) is 2. The Balaban J connectivity index is 2.05. The van der Waals surface area contributed by atoms with E-state index in [1.165, 1.54) is 4.90 Å². The van der Waals surface area contributed by atoms with E-state index in [4.69, 9.17) is 9.47 Å². The topological polar surface area (TPSA) is 67.9 Å². The second kappa shape index (κ2) is 8.73. The fraction of sp³-hybridized carbons (Fsp3) is 0.263. The molecule has 0 heterocycles. The van der Waals surface area contributed by atoms with Gasteiger partial charge in [-0.2, -0.15) is 0 Å². The van der Waals surface area contributed by atoms with E-state index in [2.05, 4.69) is 5.32 Å². The van der Waals surface area contributed by atoms with Crippen molar-refractivity contribution in [2.24, 2.45) is 0 Å². The summed E-state index contributed by atoms with van der Waals surface area (Å²) in [6, 6.07) is 14.3. The standard InChI is InChI=1S/C19H22N2O4/c1-21(2)18(22)13-25-17-11-7-5-9-15(17)19(23)20-12-14-8-4-6-10-16(14)24-3/h4-11H,12-13H2,1-3H3,(H,20,23). The van der Waals surface area contributed by atoms with E-state index in [-0.39, 0.29) is 18.4 Å². The van der Waals surface area contributed by atoms with Gasteiger partial charge in [-0.3, -0.25) is 9.59 Å². The summed E-state index contributed by atoms with van der Waals surface area (Å²) in [5.74, 6) is 0.627. The molecular formula is C19H22N2O4. The van der Waals surface area contributed by atoms with Crippen LogP contribution < -0.4 is 14.8 Å². The fourth-order valence-electron chi connectivity index (χ4n) is 2.17. The van der Waals surface area contributed by atoms with Gasteiger partial charge < -0.3 is 19.7 Å². The monoisotopic (exact) mass is 342 g/mol. The maximum atomic E-state index is 12.5. The summed E-state index contributed by atoms with van der Waals surface area (Å²) < 4.78 is 10.8. The van der Waals surface area contributed by atoms with E-state index in [0.717, 1.165) is 5.56 Å². The minimum atomic E-state index is -0.279. The summed E-state index contributed by atoms with van der Waals surface area (Å²) in [5.41, 5.74) is 1.25. The van der Waals surface area contributed by atoms with E-state index in [1.54, 1.807) is 45.5 Å². The summed E-state index contributed by atoms with van der Waals surface area (Å²) in [4.78, 5) is 25.6. The number of carbonyl (C=O) groups is 2. The number of hydrogen-bond acceptors (Lipinski definition) is 4. The van der Waals surface area contributed by atoms with Crippen molar-refractivity contribution >= 4 is 11.8 Å². The molecule has 0 unspecified atom stereocenters. The number of nitrogens with zero attached hydrogens (tertiary/aromatic N) is 1. The van der Waals surface area contributed by atoms with Crippen LogP contribution >= 0.6 is 0 Å². The van der Waals surface area contributed by atoms with E-state index in [1.807, 2.05) is 24.3 Å². The van der Waals surface area contributed by atoms with Gasteiger partial charge in [0.2, 0.25) is 0 Å². The summed E-state index contributed by atoms with van der Waals surface area (Å²) in [6.07, 6.45) is 0. The first-order valence-corrected chi connectivity index (χ1v) is 7.85. The molecule has 2 aromatic rings. The average Bonchev–Trinajstić information content (AvgIpc) is 2.64. The van der Waals surface area contributed by atoms with E-state index in [9.17, 15) is 9.59 Å². The van der Waals surface area contributed by atoms with Crippen LogP contribution in [0.15, 0.2) is 48.5 Å². The highest BCUT2D eigenvalue weighted by Gasteiger charge is 2.14. The normalized spacial score (nSPS) is 10.0. The Hall–Kier alpha value is -3.02. The molecule has 0 aliphatic heterocycles. The molecule has 0 aliphatic carbocycles. The van der Waals surface area contributed by atoms with Crippen LogP contribution in [0, 0.1) is 0 Å². The molecule has 2 aromatic carbocycles. The number of hydrogen-bond donors (Lipinski definition) is 1. The zero-order valence-electron chi connectivity index (χ0n) is 14.6. The van der Waals surface area contributed by atoms with E-state index in [0.29, 0.717) is 23.6 Å². The maximum absolute atomic E-state index is 12.5. The van der Waals surface area contributed by atoms with Crippen LogP contribution in [0.1, 0.15) is 15.9 Å². The number of para-hydroxylation sites is 2. The molecule has 2 amide bonds. The van der Waals surface area contributed by atoms with Crippen molar-refractivity contribution in [2.75, 3.05) is 27.8 Å². The van der Waals surface area contributed by atoms with Crippen LogP contribution in [0.5, 0.6) is 11.5 Å². The molecule has 1 N–H and O–H groups in total. The smallest absolute Gasteiger partial charge is 0.259 e. The summed E-state index contributed by atoms with van der Waals surface area (Å²) in [5, 5.41) is 2.85. The molecule has 0 atom stereocenters. The zero-order valence-corrected chi connectivity index (χ0v) is 14.6. The fourth-order valence-corrected chi connectivity index (χ4v) is 2.17. The van der Waals surface area contributed by atoms with Gasteiger partial charge in [-0.1, -0.05) is 30.3 Å². The largest absolute Gasteiger partial charge is 0.496 e.